The maximum absolute atomic E-state index is 14.3. The summed E-state index contributed by atoms with van der Waals surface area (Å²) in [7, 11) is 0. The van der Waals surface area contributed by atoms with Crippen LogP contribution in [0.4, 0.5) is 11.4 Å². The molecular weight excluding hydrogens is 420 g/mol. The molecule has 5 nitrogen and oxygen atoms in total. The number of carbonyl (C=O) groups is 2. The second kappa shape index (κ2) is 6.88. The molecule has 3 aliphatic heterocycles. The van der Waals surface area contributed by atoms with E-state index in [0.29, 0.717) is 12.3 Å². The van der Waals surface area contributed by atoms with Crippen molar-refractivity contribution in [3.05, 3.63) is 59.2 Å². The van der Waals surface area contributed by atoms with Crippen molar-refractivity contribution in [2.45, 2.75) is 57.2 Å². The fraction of sp³-hybridized carbons (Fsp3) is 0.385. The zero-order valence-corrected chi connectivity index (χ0v) is 20.2. The van der Waals surface area contributed by atoms with E-state index >= 15 is 0 Å². The Morgan fingerprint density at radius 3 is 2.41 bits per heavy atom. The number of thioether (sulfide) groups is 1. The first kappa shape index (κ1) is 21.1. The summed E-state index contributed by atoms with van der Waals surface area (Å²) < 4.78 is 5.59. The number of amides is 2. The lowest BCUT2D eigenvalue weighted by Gasteiger charge is -2.40. The van der Waals surface area contributed by atoms with Crippen LogP contribution < -0.4 is 14.5 Å². The summed E-state index contributed by atoms with van der Waals surface area (Å²) in [6.45, 7) is 12.7. The number of rotatable bonds is 3. The van der Waals surface area contributed by atoms with E-state index in [1.54, 1.807) is 4.90 Å². The number of nitrogens with zero attached hydrogens (tertiary/aromatic N) is 2. The minimum atomic E-state index is -1.12. The van der Waals surface area contributed by atoms with Crippen LogP contribution in [0.15, 0.2) is 42.5 Å². The number of aryl methyl sites for hydroxylation is 1. The summed E-state index contributed by atoms with van der Waals surface area (Å²) in [5, 5.41) is -0.333. The first-order valence-corrected chi connectivity index (χ1v) is 11.9. The number of carbonyl (C=O) groups excluding carboxylic acids is 2. The van der Waals surface area contributed by atoms with Crippen LogP contribution in [0.25, 0.3) is 5.57 Å². The molecular formula is C26H28N2O3S. The van der Waals surface area contributed by atoms with Crippen molar-refractivity contribution in [3.63, 3.8) is 0 Å². The molecule has 1 fully saturated rings. The van der Waals surface area contributed by atoms with Gasteiger partial charge in [0.15, 0.2) is 0 Å². The van der Waals surface area contributed by atoms with Crippen LogP contribution in [0.3, 0.4) is 0 Å². The lowest BCUT2D eigenvalue weighted by Crippen LogP contribution is -2.55. The van der Waals surface area contributed by atoms with E-state index in [9.17, 15) is 9.59 Å². The van der Waals surface area contributed by atoms with E-state index in [1.165, 1.54) is 11.8 Å². The van der Waals surface area contributed by atoms with Crippen LogP contribution in [-0.2, 0) is 14.5 Å². The van der Waals surface area contributed by atoms with Gasteiger partial charge in [0.1, 0.15) is 5.75 Å². The molecule has 2 aromatic rings. The summed E-state index contributed by atoms with van der Waals surface area (Å²) >= 11 is 1.45. The lowest BCUT2D eigenvalue weighted by molar-refractivity contribution is -0.124. The van der Waals surface area contributed by atoms with E-state index in [2.05, 4.69) is 45.9 Å². The van der Waals surface area contributed by atoms with Gasteiger partial charge in [0, 0.05) is 16.8 Å². The third-order valence-electron chi connectivity index (χ3n) is 6.54. The van der Waals surface area contributed by atoms with Crippen molar-refractivity contribution in [2.24, 2.45) is 0 Å². The van der Waals surface area contributed by atoms with Crippen molar-refractivity contribution < 1.29 is 14.3 Å². The molecule has 2 amide bonds. The fourth-order valence-corrected chi connectivity index (χ4v) is 6.86. The Morgan fingerprint density at radius 1 is 1.06 bits per heavy atom. The summed E-state index contributed by atoms with van der Waals surface area (Å²) in [6.07, 6.45) is 2.15. The first-order chi connectivity index (χ1) is 15.1. The molecule has 0 unspecified atom stereocenters. The molecule has 2 aromatic carbocycles. The Kier molecular flexibility index (Phi) is 4.55. The van der Waals surface area contributed by atoms with Crippen LogP contribution in [-0.4, -0.2) is 29.2 Å². The van der Waals surface area contributed by atoms with Crippen molar-refractivity contribution in [3.8, 4) is 5.75 Å². The first-order valence-electron chi connectivity index (χ1n) is 11.1. The van der Waals surface area contributed by atoms with Gasteiger partial charge in [0.25, 0.3) is 5.91 Å². The SMILES string of the molecule is CCOc1ccc(N2C(=O)[C@H](C)S[C@@]23C(=O)N2c4c(cc(C)cc43)C(C)=CC2(C)C)cc1. The summed E-state index contributed by atoms with van der Waals surface area (Å²) in [4.78, 5) is 30.4. The molecule has 5 rings (SSSR count). The summed E-state index contributed by atoms with van der Waals surface area (Å²) in [5.41, 5.74) is 5.39. The third-order valence-corrected chi connectivity index (χ3v) is 8.02. The Labute approximate surface area is 193 Å². The topological polar surface area (TPSA) is 49.9 Å². The molecule has 0 N–H and O–H groups in total. The molecule has 2 atom stereocenters. The van der Waals surface area contributed by atoms with Crippen molar-refractivity contribution in [1.82, 2.24) is 0 Å². The maximum Gasteiger partial charge on any atom is 0.269 e. The number of benzene rings is 2. The van der Waals surface area contributed by atoms with Gasteiger partial charge in [-0.15, -0.1) is 11.8 Å². The minimum absolute atomic E-state index is 0.0508. The Balaban J connectivity index is 1.77. The number of hydrogen-bond donors (Lipinski definition) is 0. The largest absolute Gasteiger partial charge is 0.494 e. The number of hydrogen-bond acceptors (Lipinski definition) is 4. The van der Waals surface area contributed by atoms with Crippen LogP contribution in [0, 0.1) is 6.92 Å². The van der Waals surface area contributed by atoms with Crippen molar-refractivity contribution in [2.75, 3.05) is 16.4 Å². The van der Waals surface area contributed by atoms with Gasteiger partial charge in [-0.2, -0.15) is 0 Å². The Morgan fingerprint density at radius 2 is 1.75 bits per heavy atom. The van der Waals surface area contributed by atoms with Gasteiger partial charge in [-0.1, -0.05) is 12.1 Å². The minimum Gasteiger partial charge on any atom is -0.494 e. The molecule has 6 heteroatoms. The van der Waals surface area contributed by atoms with Crippen molar-refractivity contribution in [1.29, 1.82) is 0 Å². The highest BCUT2D eigenvalue weighted by molar-refractivity contribution is 8.03. The number of fused-ring (bicyclic) bond motifs is 1. The van der Waals surface area contributed by atoms with E-state index in [1.807, 2.05) is 43.0 Å². The molecule has 0 bridgehead atoms. The highest BCUT2D eigenvalue weighted by Gasteiger charge is 2.65. The monoisotopic (exact) mass is 448 g/mol. The second-order valence-electron chi connectivity index (χ2n) is 9.33. The zero-order valence-electron chi connectivity index (χ0n) is 19.4. The molecule has 32 heavy (non-hydrogen) atoms. The van der Waals surface area contributed by atoms with Gasteiger partial charge < -0.3 is 4.74 Å². The predicted octanol–water partition coefficient (Wildman–Crippen LogP) is 5.26. The second-order valence-corrected chi connectivity index (χ2v) is 10.9. The van der Waals surface area contributed by atoms with Gasteiger partial charge in [0.05, 0.1) is 23.1 Å². The van der Waals surface area contributed by atoms with Gasteiger partial charge >= 0.3 is 0 Å². The summed E-state index contributed by atoms with van der Waals surface area (Å²) in [6, 6.07) is 11.7. The van der Waals surface area contributed by atoms with Gasteiger partial charge in [-0.05, 0) is 83.0 Å². The van der Waals surface area contributed by atoms with E-state index in [0.717, 1.165) is 33.7 Å². The summed E-state index contributed by atoms with van der Waals surface area (Å²) in [5.74, 6) is 0.643. The Bertz CT molecular complexity index is 1180. The number of ether oxygens (including phenoxy) is 1. The molecule has 0 saturated carbocycles. The molecule has 1 spiro atoms. The number of allylic oxidation sites excluding steroid dienone is 1. The molecule has 3 aliphatic rings. The standard InChI is InChI=1S/C26H28N2O3S/c1-7-31-19-10-8-18(9-11-19)27-23(29)17(4)32-26(27)21-13-15(2)12-20-16(3)14-25(5,6)28(22(20)21)24(26)30/h8-14,17H,7H2,1-6H3/t17-,26-/m0/s1. The smallest absolute Gasteiger partial charge is 0.269 e. The van der Waals surface area contributed by atoms with E-state index in [-0.39, 0.29) is 17.1 Å². The zero-order chi connectivity index (χ0) is 23.0. The van der Waals surface area contributed by atoms with Gasteiger partial charge in [-0.3, -0.25) is 19.4 Å². The van der Waals surface area contributed by atoms with E-state index < -0.39 is 10.4 Å². The van der Waals surface area contributed by atoms with Crippen LogP contribution in [0.5, 0.6) is 5.75 Å². The Hall–Kier alpha value is -2.73. The van der Waals surface area contributed by atoms with E-state index in [4.69, 9.17) is 4.74 Å². The normalized spacial score (nSPS) is 25.4. The molecule has 166 valence electrons. The molecule has 3 heterocycles. The highest BCUT2D eigenvalue weighted by Crippen LogP contribution is 2.61. The van der Waals surface area contributed by atoms with Crippen LogP contribution in [0.1, 0.15) is 51.3 Å². The van der Waals surface area contributed by atoms with Gasteiger partial charge in [-0.25, -0.2) is 0 Å². The third kappa shape index (κ3) is 2.65. The molecule has 0 aromatic heterocycles. The average Bonchev–Trinajstić information content (AvgIpc) is 3.13. The molecule has 0 aliphatic carbocycles. The fourth-order valence-electron chi connectivity index (χ4n) is 5.36. The highest BCUT2D eigenvalue weighted by atomic mass is 32.2. The van der Waals surface area contributed by atoms with Crippen LogP contribution >= 0.6 is 11.8 Å². The van der Waals surface area contributed by atoms with Crippen molar-refractivity contribution >= 4 is 40.5 Å². The van der Waals surface area contributed by atoms with Crippen LogP contribution in [0.2, 0.25) is 0 Å². The molecule has 1 saturated heterocycles. The average molecular weight is 449 g/mol. The lowest BCUT2D eigenvalue weighted by atomic mass is 9.88. The quantitative estimate of drug-likeness (QED) is 0.643. The predicted molar refractivity (Wildman–Crippen MR) is 130 cm³/mol. The maximum atomic E-state index is 14.3. The molecule has 0 radical (unpaired) electrons. The number of anilines is 2. The van der Waals surface area contributed by atoms with Gasteiger partial charge in [0.2, 0.25) is 10.8 Å².